The van der Waals surface area contributed by atoms with Crippen LogP contribution in [0.2, 0.25) is 0 Å². The van der Waals surface area contributed by atoms with Gasteiger partial charge in [0.25, 0.3) is 0 Å². The van der Waals surface area contributed by atoms with Gasteiger partial charge in [0.15, 0.2) is 0 Å². The molecule has 2 N–H and O–H groups in total. The lowest BCUT2D eigenvalue weighted by molar-refractivity contribution is -0.145. The highest BCUT2D eigenvalue weighted by Gasteiger charge is 2.25. The second-order valence-electron chi connectivity index (χ2n) is 10.8. The molecule has 2 atom stereocenters. The highest BCUT2D eigenvalue weighted by atomic mass is 16.4. The summed E-state index contributed by atoms with van der Waals surface area (Å²) in [5, 5.41) is 18.7. The number of Topliss-reactive ketones (excluding diaryl/α,β-unsaturated/α-hetero) is 4. The van der Waals surface area contributed by atoms with Gasteiger partial charge in [-0.05, 0) is 39.5 Å². The summed E-state index contributed by atoms with van der Waals surface area (Å²) in [5.41, 5.74) is 0. The molecule has 0 aromatic rings. The molecule has 0 rings (SSSR count). The monoisotopic (exact) mass is 538 g/mol. The summed E-state index contributed by atoms with van der Waals surface area (Å²) in [4.78, 5) is 69.3. The molecule has 0 aromatic heterocycles. The van der Waals surface area contributed by atoms with Crippen molar-refractivity contribution in [2.24, 2.45) is 11.8 Å². The highest BCUT2D eigenvalue weighted by Crippen LogP contribution is 2.20. The summed E-state index contributed by atoms with van der Waals surface area (Å²) < 4.78 is 0. The van der Waals surface area contributed by atoms with Crippen LogP contribution in [0.25, 0.3) is 0 Å². The van der Waals surface area contributed by atoms with Gasteiger partial charge in [-0.1, -0.05) is 64.2 Å². The van der Waals surface area contributed by atoms with E-state index in [1.54, 1.807) is 6.92 Å². The van der Waals surface area contributed by atoms with E-state index in [1.807, 2.05) is 0 Å². The summed E-state index contributed by atoms with van der Waals surface area (Å²) in [6.45, 7) is 3.01. The summed E-state index contributed by atoms with van der Waals surface area (Å²) in [6, 6.07) is 0. The molecule has 0 unspecified atom stereocenters. The molecule has 0 saturated carbocycles. The molecule has 38 heavy (non-hydrogen) atoms. The number of carboxylic acid groups (broad SMARTS) is 2. The lowest BCUT2D eigenvalue weighted by Gasteiger charge is -2.13. The van der Waals surface area contributed by atoms with E-state index in [2.05, 4.69) is 0 Å². The normalized spacial score (nSPS) is 12.6. The first kappa shape index (κ1) is 35.6. The Balaban J connectivity index is 3.95. The highest BCUT2D eigenvalue weighted by molar-refractivity contribution is 5.86. The Morgan fingerprint density at radius 1 is 0.447 bits per heavy atom. The molecular formula is C30H50O8. The van der Waals surface area contributed by atoms with Gasteiger partial charge in [0.05, 0.1) is 11.8 Å². The Morgan fingerprint density at radius 2 is 0.763 bits per heavy atom. The predicted octanol–water partition coefficient (Wildman–Crippen LogP) is 6.51. The molecule has 8 nitrogen and oxygen atoms in total. The molecule has 0 aliphatic heterocycles. The van der Waals surface area contributed by atoms with Crippen LogP contribution in [0.5, 0.6) is 0 Å². The van der Waals surface area contributed by atoms with Gasteiger partial charge in [-0.3, -0.25) is 19.2 Å². The molecule has 0 heterocycles. The minimum atomic E-state index is -1.14. The van der Waals surface area contributed by atoms with Crippen LogP contribution in [0.15, 0.2) is 0 Å². The predicted molar refractivity (Wildman–Crippen MR) is 146 cm³/mol. The van der Waals surface area contributed by atoms with Gasteiger partial charge < -0.3 is 19.8 Å². The first-order valence-electron chi connectivity index (χ1n) is 14.5. The van der Waals surface area contributed by atoms with Crippen LogP contribution >= 0.6 is 0 Å². The Morgan fingerprint density at radius 3 is 1.13 bits per heavy atom. The van der Waals surface area contributed by atoms with Crippen molar-refractivity contribution in [3.05, 3.63) is 0 Å². The molecule has 0 aliphatic carbocycles. The quantitative estimate of drug-likeness (QED) is 0.113. The molecule has 0 aromatic carbocycles. The zero-order chi connectivity index (χ0) is 28.8. The largest absolute Gasteiger partial charge is 0.481 e. The lowest BCUT2D eigenvalue weighted by atomic mass is 9.90. The summed E-state index contributed by atoms with van der Waals surface area (Å²) in [5.74, 6) is -4.49. The zero-order valence-electron chi connectivity index (χ0n) is 23.6. The number of rotatable bonds is 27. The van der Waals surface area contributed by atoms with Crippen LogP contribution in [0, 0.1) is 11.8 Å². The molecule has 8 heteroatoms. The smallest absolute Gasteiger partial charge is 0.306 e. The van der Waals surface area contributed by atoms with Gasteiger partial charge in [0.2, 0.25) is 0 Å². The molecule has 0 amide bonds. The van der Waals surface area contributed by atoms with E-state index < -0.39 is 23.8 Å². The van der Waals surface area contributed by atoms with E-state index in [-0.39, 0.29) is 61.7 Å². The van der Waals surface area contributed by atoms with Gasteiger partial charge in [0.1, 0.15) is 23.1 Å². The minimum absolute atomic E-state index is 0.0113. The van der Waals surface area contributed by atoms with Crippen molar-refractivity contribution in [1.29, 1.82) is 0 Å². The number of carbonyl (C=O) groups excluding carboxylic acids is 4. The molecule has 0 spiro atoms. The van der Waals surface area contributed by atoms with Crippen molar-refractivity contribution in [2.45, 2.75) is 142 Å². The maximum absolute atomic E-state index is 12.3. The number of hydrogen-bond acceptors (Lipinski definition) is 6. The first-order chi connectivity index (χ1) is 18.0. The number of hydrogen-bond donors (Lipinski definition) is 2. The maximum atomic E-state index is 12.3. The average molecular weight is 539 g/mol. The van der Waals surface area contributed by atoms with Crippen LogP contribution < -0.4 is 0 Å². The number of unbranched alkanes of at least 4 members (excludes halogenated alkanes) is 11. The van der Waals surface area contributed by atoms with Gasteiger partial charge in [0, 0.05) is 38.5 Å². The molecule has 0 saturated heterocycles. The molecule has 0 fully saturated rings. The first-order valence-corrected chi connectivity index (χ1v) is 14.5. The fourth-order valence-corrected chi connectivity index (χ4v) is 4.56. The van der Waals surface area contributed by atoms with Crippen LogP contribution in [0.4, 0.5) is 0 Å². The van der Waals surface area contributed by atoms with Crippen LogP contribution in [0.3, 0.4) is 0 Å². The molecular weight excluding hydrogens is 488 g/mol. The van der Waals surface area contributed by atoms with Crippen molar-refractivity contribution in [1.82, 2.24) is 0 Å². The molecule has 0 aliphatic rings. The van der Waals surface area contributed by atoms with E-state index in [0.717, 1.165) is 38.5 Å². The number of carbonyl (C=O) groups is 6. The molecule has 218 valence electrons. The number of carboxylic acids is 2. The van der Waals surface area contributed by atoms with Crippen molar-refractivity contribution >= 4 is 35.1 Å². The van der Waals surface area contributed by atoms with Crippen LogP contribution in [0.1, 0.15) is 142 Å². The standard InChI is InChI=1S/C30H50O8/c1-23(31)15-13-11-9-7-5-3-4-6-8-10-12-14-16-27(33)21-26(30(37)38)19-20-28(34)22-25(29(35)36)18-17-24(2)32/h25-26H,3-22H2,1-2H3,(H,35,36)(H,37,38)/t25-,26-/m1/s1. The Labute approximate surface area is 228 Å². The second-order valence-corrected chi connectivity index (χ2v) is 10.8. The van der Waals surface area contributed by atoms with E-state index in [9.17, 15) is 39.0 Å². The Bertz CT molecular complexity index is 743. The van der Waals surface area contributed by atoms with E-state index in [0.29, 0.717) is 12.8 Å². The Kier molecular flexibility index (Phi) is 21.2. The number of aliphatic carboxylic acids is 2. The molecule has 0 bridgehead atoms. The van der Waals surface area contributed by atoms with Crippen molar-refractivity contribution in [3.8, 4) is 0 Å². The second kappa shape index (κ2) is 22.6. The van der Waals surface area contributed by atoms with Crippen LogP contribution in [-0.4, -0.2) is 45.3 Å². The topological polar surface area (TPSA) is 143 Å². The van der Waals surface area contributed by atoms with Gasteiger partial charge in [-0.25, -0.2) is 0 Å². The number of ketones is 4. The van der Waals surface area contributed by atoms with E-state index in [1.165, 1.54) is 45.4 Å². The third kappa shape index (κ3) is 21.7. The fourth-order valence-electron chi connectivity index (χ4n) is 4.56. The zero-order valence-corrected chi connectivity index (χ0v) is 23.6. The van der Waals surface area contributed by atoms with E-state index >= 15 is 0 Å². The lowest BCUT2D eigenvalue weighted by Crippen LogP contribution is -2.22. The van der Waals surface area contributed by atoms with Gasteiger partial charge >= 0.3 is 11.9 Å². The average Bonchev–Trinajstić information content (AvgIpc) is 2.83. The van der Waals surface area contributed by atoms with Crippen molar-refractivity contribution in [3.63, 3.8) is 0 Å². The van der Waals surface area contributed by atoms with Crippen molar-refractivity contribution < 1.29 is 39.0 Å². The SMILES string of the molecule is CC(=O)CCCCCCCCCCCCCCC(=O)C[C@@H](CCC(=O)C[C@@H](CCC(C)=O)C(=O)O)C(=O)O. The van der Waals surface area contributed by atoms with E-state index in [4.69, 9.17) is 0 Å². The maximum Gasteiger partial charge on any atom is 0.306 e. The minimum Gasteiger partial charge on any atom is -0.481 e. The fraction of sp³-hybridized carbons (Fsp3) is 0.800. The van der Waals surface area contributed by atoms with Crippen LogP contribution in [-0.2, 0) is 28.8 Å². The summed E-state index contributed by atoms with van der Waals surface area (Å²) in [7, 11) is 0. The summed E-state index contributed by atoms with van der Waals surface area (Å²) in [6.07, 6.45) is 14.1. The summed E-state index contributed by atoms with van der Waals surface area (Å²) >= 11 is 0. The Hall–Kier alpha value is -2.38. The van der Waals surface area contributed by atoms with Gasteiger partial charge in [-0.15, -0.1) is 0 Å². The molecule has 0 radical (unpaired) electrons. The third-order valence-corrected chi connectivity index (χ3v) is 7.00. The van der Waals surface area contributed by atoms with Crippen molar-refractivity contribution in [2.75, 3.05) is 0 Å². The third-order valence-electron chi connectivity index (χ3n) is 7.00. The van der Waals surface area contributed by atoms with Gasteiger partial charge in [-0.2, -0.15) is 0 Å².